The summed E-state index contributed by atoms with van der Waals surface area (Å²) in [6, 6.07) is -0.717. The molecule has 0 unspecified atom stereocenters. The molecule has 0 aromatic rings. The molecule has 0 rings (SSSR count). The molecule has 16 heavy (non-hydrogen) atoms. The summed E-state index contributed by atoms with van der Waals surface area (Å²) in [5.41, 5.74) is 0. The number of carbonyl (C=O) groups is 2. The molecular weight excluding hydrogens is 206 g/mol. The predicted molar refractivity (Wildman–Crippen MR) is 64.0 cm³/mol. The van der Waals surface area contributed by atoms with Crippen molar-refractivity contribution < 1.29 is 9.59 Å². The van der Waals surface area contributed by atoms with Crippen molar-refractivity contribution in [1.29, 1.82) is 0 Å². The Labute approximate surface area is 97.6 Å². The van der Waals surface area contributed by atoms with Crippen LogP contribution in [-0.4, -0.2) is 49.9 Å². The third-order valence-electron chi connectivity index (χ3n) is 2.65. The Bertz CT molecular complexity index is 252. The van der Waals surface area contributed by atoms with Gasteiger partial charge in [-0.1, -0.05) is 13.8 Å². The lowest BCUT2D eigenvalue weighted by atomic mass is 10.0. The van der Waals surface area contributed by atoms with E-state index in [9.17, 15) is 9.59 Å². The van der Waals surface area contributed by atoms with Crippen LogP contribution in [0.1, 0.15) is 20.8 Å². The third-order valence-corrected chi connectivity index (χ3v) is 2.65. The first-order valence-electron chi connectivity index (χ1n) is 5.49. The minimum Gasteiger partial charge on any atom is -0.357 e. The van der Waals surface area contributed by atoms with Gasteiger partial charge >= 0.3 is 0 Å². The van der Waals surface area contributed by atoms with Gasteiger partial charge < -0.3 is 10.6 Å². The second-order valence-corrected chi connectivity index (χ2v) is 4.48. The van der Waals surface area contributed by atoms with Crippen LogP contribution in [-0.2, 0) is 9.59 Å². The fourth-order valence-corrected chi connectivity index (χ4v) is 1.20. The van der Waals surface area contributed by atoms with Gasteiger partial charge in [0.25, 0.3) is 0 Å². The maximum Gasteiger partial charge on any atom is 0.242 e. The van der Waals surface area contributed by atoms with E-state index < -0.39 is 6.04 Å². The number of amides is 2. The second-order valence-electron chi connectivity index (χ2n) is 4.48. The van der Waals surface area contributed by atoms with E-state index in [1.807, 2.05) is 27.9 Å². The van der Waals surface area contributed by atoms with E-state index in [-0.39, 0.29) is 23.8 Å². The summed E-state index contributed by atoms with van der Waals surface area (Å²) >= 11 is 0. The number of carbonyl (C=O) groups excluding carboxylic acids is 2. The van der Waals surface area contributed by atoms with Crippen LogP contribution in [0.25, 0.3) is 0 Å². The van der Waals surface area contributed by atoms with Crippen molar-refractivity contribution in [2.75, 3.05) is 21.1 Å². The molecule has 0 aliphatic rings. The van der Waals surface area contributed by atoms with Crippen molar-refractivity contribution in [2.45, 2.75) is 32.9 Å². The summed E-state index contributed by atoms with van der Waals surface area (Å²) in [4.78, 5) is 25.1. The smallest absolute Gasteiger partial charge is 0.242 e. The Morgan fingerprint density at radius 2 is 1.56 bits per heavy atom. The second kappa shape index (κ2) is 6.48. The summed E-state index contributed by atoms with van der Waals surface area (Å²) in [5.74, 6) is -0.222. The SMILES string of the molecule is CNC(=O)[C@@H](NC(=O)[C@H](C)N(C)C)C(C)C. The standard InChI is InChI=1S/C11H23N3O2/c1-7(2)9(11(16)12-4)13-10(15)8(3)14(5)6/h7-9H,1-6H3,(H,12,16)(H,13,15)/t8-,9-/m0/s1. The largest absolute Gasteiger partial charge is 0.357 e. The summed E-state index contributed by atoms with van der Waals surface area (Å²) < 4.78 is 0. The molecule has 2 atom stereocenters. The van der Waals surface area contributed by atoms with Gasteiger partial charge in [0.05, 0.1) is 6.04 Å². The highest BCUT2D eigenvalue weighted by Gasteiger charge is 2.25. The van der Waals surface area contributed by atoms with E-state index >= 15 is 0 Å². The fourth-order valence-electron chi connectivity index (χ4n) is 1.20. The number of hydrogen-bond acceptors (Lipinski definition) is 3. The average Bonchev–Trinajstić information content (AvgIpc) is 2.22. The van der Waals surface area contributed by atoms with Gasteiger partial charge in [-0.05, 0) is 26.9 Å². The van der Waals surface area contributed by atoms with E-state index in [0.29, 0.717) is 0 Å². The van der Waals surface area contributed by atoms with E-state index in [1.54, 1.807) is 18.9 Å². The lowest BCUT2D eigenvalue weighted by molar-refractivity contribution is -0.131. The molecule has 0 bridgehead atoms. The monoisotopic (exact) mass is 229 g/mol. The normalized spacial score (nSPS) is 14.8. The van der Waals surface area contributed by atoms with Crippen molar-refractivity contribution in [2.24, 2.45) is 5.92 Å². The zero-order chi connectivity index (χ0) is 12.9. The maximum absolute atomic E-state index is 11.8. The fraction of sp³-hybridized carbons (Fsp3) is 0.818. The number of nitrogens with one attached hydrogen (secondary N) is 2. The highest BCUT2D eigenvalue weighted by atomic mass is 16.2. The number of rotatable bonds is 5. The lowest BCUT2D eigenvalue weighted by Crippen LogP contribution is -2.53. The van der Waals surface area contributed by atoms with Crippen LogP contribution < -0.4 is 10.6 Å². The molecule has 0 aliphatic heterocycles. The quantitative estimate of drug-likeness (QED) is 0.687. The van der Waals surface area contributed by atoms with E-state index in [4.69, 9.17) is 0 Å². The van der Waals surface area contributed by atoms with Crippen molar-refractivity contribution in [3.05, 3.63) is 0 Å². The van der Waals surface area contributed by atoms with Crippen molar-refractivity contribution in [3.8, 4) is 0 Å². The van der Waals surface area contributed by atoms with Crippen molar-refractivity contribution >= 4 is 11.8 Å². The molecule has 2 amide bonds. The number of likely N-dealkylation sites (N-methyl/N-ethyl adjacent to an activating group) is 2. The molecule has 0 saturated carbocycles. The molecule has 5 heteroatoms. The Hall–Kier alpha value is -1.10. The molecule has 0 radical (unpaired) electrons. The van der Waals surface area contributed by atoms with Crippen LogP contribution in [0.5, 0.6) is 0 Å². The molecule has 0 aromatic carbocycles. The first-order chi connectivity index (χ1) is 7.31. The Morgan fingerprint density at radius 3 is 1.88 bits per heavy atom. The van der Waals surface area contributed by atoms with Gasteiger partial charge in [0.1, 0.15) is 6.04 Å². The van der Waals surface area contributed by atoms with Gasteiger partial charge in [0.2, 0.25) is 11.8 Å². The average molecular weight is 229 g/mol. The van der Waals surface area contributed by atoms with E-state index in [0.717, 1.165) is 0 Å². The van der Waals surface area contributed by atoms with Gasteiger partial charge in [-0.2, -0.15) is 0 Å². The molecule has 0 aliphatic carbocycles. The zero-order valence-corrected chi connectivity index (χ0v) is 11.0. The molecule has 0 spiro atoms. The topological polar surface area (TPSA) is 61.4 Å². The minimum atomic E-state index is -0.472. The summed E-state index contributed by atoms with van der Waals surface area (Å²) in [5, 5.41) is 5.31. The number of nitrogens with zero attached hydrogens (tertiary/aromatic N) is 1. The van der Waals surface area contributed by atoms with Crippen molar-refractivity contribution in [3.63, 3.8) is 0 Å². The third kappa shape index (κ3) is 4.18. The van der Waals surface area contributed by atoms with Gasteiger partial charge in [0, 0.05) is 7.05 Å². The first kappa shape index (κ1) is 14.9. The van der Waals surface area contributed by atoms with Crippen LogP contribution in [0.2, 0.25) is 0 Å². The summed E-state index contributed by atoms with van der Waals surface area (Å²) in [7, 11) is 5.22. The summed E-state index contributed by atoms with van der Waals surface area (Å²) in [6.45, 7) is 5.61. The van der Waals surface area contributed by atoms with E-state index in [1.165, 1.54) is 0 Å². The molecule has 0 fully saturated rings. The molecule has 2 N–H and O–H groups in total. The van der Waals surface area contributed by atoms with Gasteiger partial charge in [-0.15, -0.1) is 0 Å². The first-order valence-corrected chi connectivity index (χ1v) is 5.49. The van der Waals surface area contributed by atoms with Crippen LogP contribution in [0, 0.1) is 5.92 Å². The predicted octanol–water partition coefficient (Wildman–Crippen LogP) is -0.177. The highest BCUT2D eigenvalue weighted by molar-refractivity contribution is 5.89. The molecule has 0 saturated heterocycles. The minimum absolute atomic E-state index is 0.0678. The molecule has 94 valence electrons. The van der Waals surface area contributed by atoms with Gasteiger partial charge in [-0.25, -0.2) is 0 Å². The molecular formula is C11H23N3O2. The van der Waals surface area contributed by atoms with Crippen LogP contribution in [0.4, 0.5) is 0 Å². The van der Waals surface area contributed by atoms with Crippen molar-refractivity contribution in [1.82, 2.24) is 15.5 Å². The maximum atomic E-state index is 11.8. The Kier molecular flexibility index (Phi) is 6.03. The highest BCUT2D eigenvalue weighted by Crippen LogP contribution is 2.03. The Morgan fingerprint density at radius 1 is 1.06 bits per heavy atom. The van der Waals surface area contributed by atoms with Gasteiger partial charge in [0.15, 0.2) is 0 Å². The number of hydrogen-bond donors (Lipinski definition) is 2. The van der Waals surface area contributed by atoms with Crippen LogP contribution in [0.3, 0.4) is 0 Å². The zero-order valence-electron chi connectivity index (χ0n) is 11.0. The summed E-state index contributed by atoms with van der Waals surface area (Å²) in [6.07, 6.45) is 0. The molecule has 0 heterocycles. The Balaban J connectivity index is 4.53. The molecule has 5 nitrogen and oxygen atoms in total. The van der Waals surface area contributed by atoms with Crippen LogP contribution in [0.15, 0.2) is 0 Å². The van der Waals surface area contributed by atoms with E-state index in [2.05, 4.69) is 10.6 Å². The van der Waals surface area contributed by atoms with Crippen LogP contribution >= 0.6 is 0 Å². The lowest BCUT2D eigenvalue weighted by Gasteiger charge is -2.25. The molecule has 0 aromatic heterocycles. The van der Waals surface area contributed by atoms with Gasteiger partial charge in [-0.3, -0.25) is 14.5 Å².